The summed E-state index contributed by atoms with van der Waals surface area (Å²) in [6.07, 6.45) is 0. The van der Waals surface area contributed by atoms with Gasteiger partial charge in [0.15, 0.2) is 11.2 Å². The first-order valence-electron chi connectivity index (χ1n) is 9.34. The lowest BCUT2D eigenvalue weighted by Gasteiger charge is -2.30. The lowest BCUT2D eigenvalue weighted by molar-refractivity contribution is 0.0908. The number of para-hydroxylation sites is 1. The van der Waals surface area contributed by atoms with Gasteiger partial charge < -0.3 is 9.73 Å². The molecule has 1 N–H and O–H groups in total. The van der Waals surface area contributed by atoms with Crippen LogP contribution in [0.4, 0.5) is 0 Å². The first-order valence-corrected chi connectivity index (χ1v) is 9.72. The number of carbonyl (C=O) groups excluding carboxylic acids is 1. The van der Waals surface area contributed by atoms with Crippen LogP contribution in [0.1, 0.15) is 36.0 Å². The summed E-state index contributed by atoms with van der Waals surface area (Å²) in [5.74, 6) is -0.423. The molecule has 2 aromatic carbocycles. The van der Waals surface area contributed by atoms with E-state index in [1.165, 1.54) is 6.07 Å². The summed E-state index contributed by atoms with van der Waals surface area (Å²) in [4.78, 5) is 27.1. The molecule has 0 saturated carbocycles. The standard InChI is InChI=1S/C22H23ClN2O3/c1-3-25(4-2)18(15-9-5-7-11-17(15)23)14-24-22(27)21-13-19(26)16-10-6-8-12-20(16)28-21/h5-13,18H,3-4,14H2,1-2H3,(H,24,27). The number of halogens is 1. The van der Waals surface area contributed by atoms with Crippen molar-refractivity contribution < 1.29 is 9.21 Å². The molecule has 1 amide bonds. The average Bonchev–Trinajstić information content (AvgIpc) is 2.71. The number of carbonyl (C=O) groups is 1. The highest BCUT2D eigenvalue weighted by Crippen LogP contribution is 2.27. The van der Waals surface area contributed by atoms with Crippen molar-refractivity contribution in [3.8, 4) is 0 Å². The fourth-order valence-electron chi connectivity index (χ4n) is 3.34. The molecule has 0 aliphatic carbocycles. The van der Waals surface area contributed by atoms with Gasteiger partial charge in [-0.2, -0.15) is 0 Å². The number of hydrogen-bond donors (Lipinski definition) is 1. The van der Waals surface area contributed by atoms with Crippen molar-refractivity contribution in [1.82, 2.24) is 10.2 Å². The summed E-state index contributed by atoms with van der Waals surface area (Å²) in [7, 11) is 0. The van der Waals surface area contributed by atoms with Crippen molar-refractivity contribution in [2.45, 2.75) is 19.9 Å². The summed E-state index contributed by atoms with van der Waals surface area (Å²) in [6.45, 7) is 6.11. The molecule has 6 heteroatoms. The predicted molar refractivity (Wildman–Crippen MR) is 112 cm³/mol. The second-order valence-corrected chi connectivity index (χ2v) is 6.85. The SMILES string of the molecule is CCN(CC)C(CNC(=O)c1cc(=O)c2ccccc2o1)c1ccccc1Cl. The fourth-order valence-corrected chi connectivity index (χ4v) is 3.60. The van der Waals surface area contributed by atoms with Gasteiger partial charge in [-0.1, -0.05) is 55.8 Å². The van der Waals surface area contributed by atoms with E-state index in [9.17, 15) is 9.59 Å². The van der Waals surface area contributed by atoms with Crippen LogP contribution in [0.15, 0.2) is 63.8 Å². The van der Waals surface area contributed by atoms with Crippen molar-refractivity contribution >= 4 is 28.5 Å². The van der Waals surface area contributed by atoms with Crippen molar-refractivity contribution in [1.29, 1.82) is 0 Å². The smallest absolute Gasteiger partial charge is 0.287 e. The van der Waals surface area contributed by atoms with Crippen LogP contribution < -0.4 is 10.7 Å². The van der Waals surface area contributed by atoms with Crippen LogP contribution in [0.5, 0.6) is 0 Å². The molecular formula is C22H23ClN2O3. The van der Waals surface area contributed by atoms with E-state index in [1.807, 2.05) is 24.3 Å². The maximum Gasteiger partial charge on any atom is 0.287 e. The minimum atomic E-state index is -0.424. The number of benzene rings is 2. The molecule has 1 atom stereocenters. The van der Waals surface area contributed by atoms with Crippen LogP contribution in [0.2, 0.25) is 5.02 Å². The maximum atomic E-state index is 12.7. The highest BCUT2D eigenvalue weighted by atomic mass is 35.5. The minimum Gasteiger partial charge on any atom is -0.451 e. The zero-order valence-electron chi connectivity index (χ0n) is 15.9. The molecule has 3 aromatic rings. The number of nitrogens with zero attached hydrogens (tertiary/aromatic N) is 1. The van der Waals surface area contributed by atoms with Crippen molar-refractivity contribution in [3.05, 3.63) is 81.2 Å². The number of fused-ring (bicyclic) bond motifs is 1. The Labute approximate surface area is 168 Å². The number of rotatable bonds is 7. The van der Waals surface area contributed by atoms with Crippen molar-refractivity contribution in [2.75, 3.05) is 19.6 Å². The van der Waals surface area contributed by atoms with Gasteiger partial charge in [0.25, 0.3) is 5.91 Å². The lowest BCUT2D eigenvalue weighted by atomic mass is 10.0. The zero-order chi connectivity index (χ0) is 20.1. The van der Waals surface area contributed by atoms with Gasteiger partial charge in [-0.05, 0) is 36.9 Å². The van der Waals surface area contributed by atoms with Gasteiger partial charge >= 0.3 is 0 Å². The zero-order valence-corrected chi connectivity index (χ0v) is 16.7. The Bertz CT molecular complexity index is 1030. The van der Waals surface area contributed by atoms with E-state index in [4.69, 9.17) is 16.0 Å². The second kappa shape index (κ2) is 9.04. The number of likely N-dealkylation sites (N-methyl/N-ethyl adjacent to an activating group) is 1. The van der Waals surface area contributed by atoms with Gasteiger partial charge in [0.2, 0.25) is 0 Å². The van der Waals surface area contributed by atoms with Gasteiger partial charge in [-0.3, -0.25) is 14.5 Å². The molecular weight excluding hydrogens is 376 g/mol. The summed E-state index contributed by atoms with van der Waals surface area (Å²) >= 11 is 6.40. The number of nitrogens with one attached hydrogen (secondary N) is 1. The summed E-state index contributed by atoms with van der Waals surface area (Å²) < 4.78 is 5.63. The second-order valence-electron chi connectivity index (χ2n) is 6.44. The molecule has 3 rings (SSSR count). The van der Waals surface area contributed by atoms with Crippen LogP contribution in [-0.4, -0.2) is 30.4 Å². The number of amides is 1. The summed E-state index contributed by atoms with van der Waals surface area (Å²) in [6, 6.07) is 15.7. The van der Waals surface area contributed by atoms with Crippen LogP contribution in [0, 0.1) is 0 Å². The lowest BCUT2D eigenvalue weighted by Crippen LogP contribution is -2.38. The molecule has 146 valence electrons. The van der Waals surface area contributed by atoms with Crippen LogP contribution in [0.25, 0.3) is 11.0 Å². The molecule has 28 heavy (non-hydrogen) atoms. The minimum absolute atomic E-state index is 0.00107. The van der Waals surface area contributed by atoms with E-state index in [-0.39, 0.29) is 17.2 Å². The molecule has 0 bridgehead atoms. The Hall–Kier alpha value is -2.63. The molecule has 0 radical (unpaired) electrons. The quantitative estimate of drug-likeness (QED) is 0.646. The topological polar surface area (TPSA) is 62.6 Å². The molecule has 0 aliphatic rings. The molecule has 1 unspecified atom stereocenters. The van der Waals surface area contributed by atoms with Gasteiger partial charge in [0, 0.05) is 17.6 Å². The van der Waals surface area contributed by atoms with Crippen LogP contribution >= 0.6 is 11.6 Å². The van der Waals surface area contributed by atoms with E-state index in [0.717, 1.165) is 18.7 Å². The number of hydrogen-bond acceptors (Lipinski definition) is 4. The van der Waals surface area contributed by atoms with Crippen LogP contribution in [-0.2, 0) is 0 Å². The third-order valence-electron chi connectivity index (χ3n) is 4.83. The average molecular weight is 399 g/mol. The largest absolute Gasteiger partial charge is 0.451 e. The van der Waals surface area contributed by atoms with Crippen LogP contribution in [0.3, 0.4) is 0 Å². The Morgan fingerprint density at radius 1 is 1.11 bits per heavy atom. The fraction of sp³-hybridized carbons (Fsp3) is 0.273. The Morgan fingerprint density at radius 3 is 2.50 bits per heavy atom. The molecule has 0 saturated heterocycles. The first kappa shape index (κ1) is 20.1. The van der Waals surface area contributed by atoms with E-state index >= 15 is 0 Å². The predicted octanol–water partition coefficient (Wildman–Crippen LogP) is 4.26. The first-order chi connectivity index (χ1) is 13.5. The monoisotopic (exact) mass is 398 g/mol. The van der Waals surface area contributed by atoms with E-state index in [2.05, 4.69) is 24.1 Å². The Balaban J connectivity index is 1.84. The van der Waals surface area contributed by atoms with E-state index < -0.39 is 5.91 Å². The summed E-state index contributed by atoms with van der Waals surface area (Å²) in [5.41, 5.74) is 1.11. The van der Waals surface area contributed by atoms with Crippen molar-refractivity contribution in [3.63, 3.8) is 0 Å². The molecule has 1 heterocycles. The third kappa shape index (κ3) is 4.26. The van der Waals surface area contributed by atoms with Gasteiger partial charge in [0.05, 0.1) is 11.4 Å². The third-order valence-corrected chi connectivity index (χ3v) is 5.18. The normalized spacial score (nSPS) is 12.3. The van der Waals surface area contributed by atoms with E-state index in [0.29, 0.717) is 22.5 Å². The van der Waals surface area contributed by atoms with Gasteiger partial charge in [0.1, 0.15) is 5.58 Å². The highest BCUT2D eigenvalue weighted by molar-refractivity contribution is 6.31. The van der Waals surface area contributed by atoms with E-state index in [1.54, 1.807) is 24.3 Å². The highest BCUT2D eigenvalue weighted by Gasteiger charge is 2.22. The van der Waals surface area contributed by atoms with Crippen molar-refractivity contribution in [2.24, 2.45) is 0 Å². The Kier molecular flexibility index (Phi) is 6.49. The molecule has 0 fully saturated rings. The molecule has 1 aromatic heterocycles. The van der Waals surface area contributed by atoms with Gasteiger partial charge in [-0.15, -0.1) is 0 Å². The Morgan fingerprint density at radius 2 is 1.79 bits per heavy atom. The molecule has 0 aliphatic heterocycles. The summed E-state index contributed by atoms with van der Waals surface area (Å²) in [5, 5.41) is 4.01. The molecule has 0 spiro atoms. The maximum absolute atomic E-state index is 12.7. The van der Waals surface area contributed by atoms with Gasteiger partial charge in [-0.25, -0.2) is 0 Å². The molecule has 5 nitrogen and oxygen atoms in total.